The average Bonchev–Trinajstić information content (AvgIpc) is 3.35. The molecule has 0 amide bonds. The zero-order chi connectivity index (χ0) is 24.3. The molecule has 0 fully saturated rings. The molecule has 5 nitrogen and oxygen atoms in total. The monoisotopic (exact) mass is 654 g/mol. The minimum atomic E-state index is 0. The number of ether oxygens (including phenoxy) is 2. The molecule has 0 radical (unpaired) electrons. The van der Waals surface area contributed by atoms with Crippen LogP contribution in [0.3, 0.4) is 0 Å². The maximum Gasteiger partial charge on any atom is 0.267 e. The second-order valence-corrected chi connectivity index (χ2v) is 9.09. The normalized spacial score (nSPS) is 11.0. The molecule has 0 bridgehead atoms. The van der Waals surface area contributed by atoms with E-state index in [1.54, 1.807) is 12.3 Å². The molecule has 0 aliphatic heterocycles. The predicted octanol–water partition coefficient (Wildman–Crippen LogP) is 6.43. The topological polar surface area (TPSA) is 40.2 Å². The molecule has 6 heteroatoms. The standard InChI is InChI=1S/C30H25N3O2.Pt/c1-30(2,3)23-9-6-10-24(19-23)32-17-18-33(22-32)25-11-7-12-26(20-25)34-27-13-8-14-28(21-27)35-29-15-4-5-16-31-29;/h4-19H,1-3H3;/q-2;. The summed E-state index contributed by atoms with van der Waals surface area (Å²) in [5, 5.41) is 0. The number of hydrogen-bond donors (Lipinski definition) is 0. The molecule has 0 N–H and O–H groups in total. The number of aromatic nitrogens is 3. The summed E-state index contributed by atoms with van der Waals surface area (Å²) in [6, 6.07) is 31.7. The fourth-order valence-electron chi connectivity index (χ4n) is 3.54. The first-order valence-electron chi connectivity index (χ1n) is 11.4. The third-order valence-corrected chi connectivity index (χ3v) is 5.40. The van der Waals surface area contributed by atoms with Gasteiger partial charge in [-0.25, -0.2) is 4.98 Å². The molecule has 5 rings (SSSR count). The largest absolute Gasteiger partial charge is 0.510 e. The van der Waals surface area contributed by atoms with E-state index < -0.39 is 0 Å². The Morgan fingerprint density at radius 3 is 2.28 bits per heavy atom. The Balaban J connectivity index is 0.00000304. The minimum absolute atomic E-state index is 0. The van der Waals surface area contributed by atoms with E-state index in [1.807, 2.05) is 70.1 Å². The van der Waals surface area contributed by atoms with Crippen molar-refractivity contribution in [3.8, 4) is 34.5 Å². The first-order valence-corrected chi connectivity index (χ1v) is 11.4. The van der Waals surface area contributed by atoms with Crippen LogP contribution in [-0.2, 0) is 26.5 Å². The quantitative estimate of drug-likeness (QED) is 0.157. The van der Waals surface area contributed by atoms with Gasteiger partial charge in [-0.3, -0.25) is 4.57 Å². The van der Waals surface area contributed by atoms with E-state index in [1.165, 1.54) is 5.56 Å². The number of hydrogen-bond acceptors (Lipinski definition) is 3. The van der Waals surface area contributed by atoms with Gasteiger partial charge in [-0.15, -0.1) is 24.3 Å². The Hall–Kier alpha value is -3.69. The van der Waals surface area contributed by atoms with Crippen molar-refractivity contribution in [2.45, 2.75) is 26.2 Å². The summed E-state index contributed by atoms with van der Waals surface area (Å²) in [6.45, 7) is 6.64. The molecule has 3 aromatic carbocycles. The van der Waals surface area contributed by atoms with Gasteiger partial charge in [-0.1, -0.05) is 45.0 Å². The Morgan fingerprint density at radius 2 is 1.53 bits per heavy atom. The number of pyridine rings is 1. The number of imidazole rings is 1. The SMILES string of the molecule is CC(C)(C)c1cccc(-[n+]2[c-]n(-c3[c-]c(Oc4[c-]c(Oc5ccccn5)ccc4)ccc3)cc2)c1.[Pt]. The molecular formula is C30H25N3O2Pt-2. The number of nitrogens with zero attached hydrogens (tertiary/aromatic N) is 3. The minimum Gasteiger partial charge on any atom is -0.510 e. The van der Waals surface area contributed by atoms with Gasteiger partial charge in [0.15, 0.2) is 0 Å². The van der Waals surface area contributed by atoms with Gasteiger partial charge < -0.3 is 14.0 Å². The molecule has 0 spiro atoms. The van der Waals surface area contributed by atoms with Crippen molar-refractivity contribution in [3.05, 3.63) is 121 Å². The molecular weight excluding hydrogens is 629 g/mol. The van der Waals surface area contributed by atoms with Gasteiger partial charge in [-0.05, 0) is 34.9 Å². The Bertz CT molecular complexity index is 1440. The van der Waals surface area contributed by atoms with Gasteiger partial charge in [0.1, 0.15) is 0 Å². The molecule has 0 saturated heterocycles. The van der Waals surface area contributed by atoms with E-state index in [9.17, 15) is 0 Å². The van der Waals surface area contributed by atoms with Crippen molar-refractivity contribution in [3.63, 3.8) is 0 Å². The molecule has 184 valence electrons. The zero-order valence-corrected chi connectivity index (χ0v) is 22.5. The van der Waals surface area contributed by atoms with Crippen LogP contribution in [0.2, 0.25) is 0 Å². The number of benzene rings is 3. The predicted molar refractivity (Wildman–Crippen MR) is 133 cm³/mol. The molecule has 36 heavy (non-hydrogen) atoms. The second kappa shape index (κ2) is 10.9. The molecule has 0 aliphatic rings. The number of rotatable bonds is 6. The van der Waals surface area contributed by atoms with E-state index in [2.05, 4.69) is 68.5 Å². The van der Waals surface area contributed by atoms with E-state index in [0.29, 0.717) is 23.1 Å². The first-order chi connectivity index (χ1) is 16.9. The Labute approximate surface area is 226 Å². The molecule has 0 atom stereocenters. The van der Waals surface area contributed by atoms with Crippen LogP contribution < -0.4 is 14.0 Å². The fraction of sp³-hybridized carbons (Fsp3) is 0.133. The first kappa shape index (κ1) is 25.4. The molecule has 2 aromatic heterocycles. The van der Waals surface area contributed by atoms with Gasteiger partial charge in [0.2, 0.25) is 5.88 Å². The third kappa shape index (κ3) is 6.10. The van der Waals surface area contributed by atoms with Crippen molar-refractivity contribution in [1.29, 1.82) is 0 Å². The Kier molecular flexibility index (Phi) is 7.71. The van der Waals surface area contributed by atoms with Crippen molar-refractivity contribution in [2.24, 2.45) is 0 Å². The van der Waals surface area contributed by atoms with E-state index in [0.717, 1.165) is 11.4 Å². The van der Waals surface area contributed by atoms with Crippen molar-refractivity contribution in [2.75, 3.05) is 0 Å². The zero-order valence-electron chi connectivity index (χ0n) is 20.2. The molecule has 0 unspecified atom stereocenters. The van der Waals surface area contributed by atoms with Gasteiger partial charge in [0.25, 0.3) is 6.33 Å². The van der Waals surface area contributed by atoms with Crippen LogP contribution in [-0.4, -0.2) is 9.55 Å². The third-order valence-electron chi connectivity index (χ3n) is 5.40. The maximum atomic E-state index is 6.02. The van der Waals surface area contributed by atoms with Crippen LogP contribution in [0.25, 0.3) is 11.4 Å². The summed E-state index contributed by atoms with van der Waals surface area (Å²) in [7, 11) is 0. The van der Waals surface area contributed by atoms with Gasteiger partial charge in [-0.2, -0.15) is 18.2 Å². The summed E-state index contributed by atoms with van der Waals surface area (Å²) in [4.78, 5) is 4.18. The van der Waals surface area contributed by atoms with Crippen LogP contribution in [0.15, 0.2) is 97.5 Å². The summed E-state index contributed by atoms with van der Waals surface area (Å²) in [5.74, 6) is 2.11. The summed E-state index contributed by atoms with van der Waals surface area (Å²) in [5.41, 5.74) is 3.23. The fourth-order valence-corrected chi connectivity index (χ4v) is 3.54. The van der Waals surface area contributed by atoms with Gasteiger partial charge in [0.05, 0.1) is 5.69 Å². The summed E-state index contributed by atoms with van der Waals surface area (Å²) < 4.78 is 15.6. The maximum absolute atomic E-state index is 6.02. The van der Waals surface area contributed by atoms with Crippen LogP contribution in [0.4, 0.5) is 0 Å². The van der Waals surface area contributed by atoms with Crippen LogP contribution in [0, 0.1) is 18.5 Å². The molecule has 5 aromatic rings. The van der Waals surface area contributed by atoms with E-state index in [-0.39, 0.29) is 26.5 Å². The second-order valence-electron chi connectivity index (χ2n) is 9.09. The summed E-state index contributed by atoms with van der Waals surface area (Å²) in [6.07, 6.45) is 8.98. The smallest absolute Gasteiger partial charge is 0.267 e. The van der Waals surface area contributed by atoms with Crippen molar-refractivity contribution < 1.29 is 35.1 Å². The van der Waals surface area contributed by atoms with E-state index in [4.69, 9.17) is 9.47 Å². The average molecular weight is 655 g/mol. The van der Waals surface area contributed by atoms with Gasteiger partial charge in [0, 0.05) is 63.0 Å². The Morgan fingerprint density at radius 1 is 0.806 bits per heavy atom. The van der Waals surface area contributed by atoms with Gasteiger partial charge >= 0.3 is 0 Å². The molecule has 0 aliphatic carbocycles. The van der Waals surface area contributed by atoms with Crippen LogP contribution in [0.5, 0.6) is 23.1 Å². The van der Waals surface area contributed by atoms with Crippen molar-refractivity contribution in [1.82, 2.24) is 9.55 Å². The van der Waals surface area contributed by atoms with E-state index >= 15 is 0 Å². The van der Waals surface area contributed by atoms with Crippen LogP contribution in [0.1, 0.15) is 26.3 Å². The van der Waals surface area contributed by atoms with Crippen molar-refractivity contribution >= 4 is 0 Å². The summed E-state index contributed by atoms with van der Waals surface area (Å²) >= 11 is 0. The van der Waals surface area contributed by atoms with Crippen LogP contribution >= 0.6 is 0 Å². The molecule has 0 saturated carbocycles. The molecule has 2 heterocycles.